The summed E-state index contributed by atoms with van der Waals surface area (Å²) >= 11 is 0. The average Bonchev–Trinajstić information content (AvgIpc) is 3.04. The predicted octanol–water partition coefficient (Wildman–Crippen LogP) is 3.76. The van der Waals surface area contributed by atoms with Gasteiger partial charge in [-0.05, 0) is 24.3 Å². The van der Waals surface area contributed by atoms with Gasteiger partial charge < -0.3 is 0 Å². The Morgan fingerprint density at radius 1 is 0.900 bits per heavy atom. The number of rotatable bonds is 4. The first-order valence-electron chi connectivity index (χ1n) is 6.55. The van der Waals surface area contributed by atoms with Gasteiger partial charge >= 0.3 is 0 Å². The summed E-state index contributed by atoms with van der Waals surface area (Å²) in [5.74, 6) is 4.42. The third-order valence-corrected chi connectivity index (χ3v) is 5.38. The number of hydrogen-bond donors (Lipinski definition) is 0. The van der Waals surface area contributed by atoms with E-state index in [1.165, 1.54) is 0 Å². The highest BCUT2D eigenvalue weighted by atomic mass is 32.2. The molecule has 0 spiro atoms. The third-order valence-electron chi connectivity index (χ3n) is 3.28. The van der Waals surface area contributed by atoms with Crippen molar-refractivity contribution < 1.29 is 0 Å². The SMILES string of the molecule is C=S(C1C=CC=C1)C(c1ccccn1)c1ccccn1. The summed E-state index contributed by atoms with van der Waals surface area (Å²) in [6.07, 6.45) is 12.3. The second-order valence-electron chi connectivity index (χ2n) is 4.59. The van der Waals surface area contributed by atoms with Crippen LogP contribution in [0.4, 0.5) is 0 Å². The van der Waals surface area contributed by atoms with Crippen molar-refractivity contribution in [2.45, 2.75) is 10.5 Å². The molecule has 3 rings (SSSR count). The van der Waals surface area contributed by atoms with Crippen molar-refractivity contribution in [3.63, 3.8) is 0 Å². The van der Waals surface area contributed by atoms with Crippen molar-refractivity contribution in [1.29, 1.82) is 0 Å². The van der Waals surface area contributed by atoms with Crippen LogP contribution in [0.25, 0.3) is 0 Å². The Labute approximate surface area is 121 Å². The number of hydrogen-bond acceptors (Lipinski definition) is 2. The van der Waals surface area contributed by atoms with Crippen LogP contribution in [0, 0.1) is 0 Å². The molecular weight excluding hydrogens is 264 g/mol. The van der Waals surface area contributed by atoms with E-state index < -0.39 is 0 Å². The van der Waals surface area contributed by atoms with Crippen LogP contribution >= 0.6 is 10.5 Å². The zero-order chi connectivity index (χ0) is 13.8. The van der Waals surface area contributed by atoms with Crippen molar-refractivity contribution >= 4 is 16.4 Å². The van der Waals surface area contributed by atoms with Crippen molar-refractivity contribution in [3.8, 4) is 0 Å². The topological polar surface area (TPSA) is 25.8 Å². The van der Waals surface area contributed by atoms with Gasteiger partial charge in [0.05, 0.1) is 16.6 Å². The molecule has 0 radical (unpaired) electrons. The van der Waals surface area contributed by atoms with Gasteiger partial charge in [-0.3, -0.25) is 9.97 Å². The van der Waals surface area contributed by atoms with Gasteiger partial charge in [-0.25, -0.2) is 0 Å². The van der Waals surface area contributed by atoms with Crippen LogP contribution in [0.15, 0.2) is 73.1 Å². The fraction of sp³-hybridized carbons (Fsp3) is 0.118. The molecule has 2 aromatic rings. The number of pyridine rings is 2. The highest BCUT2D eigenvalue weighted by Crippen LogP contribution is 2.42. The summed E-state index contributed by atoms with van der Waals surface area (Å²) in [7, 11) is -0.134. The first kappa shape index (κ1) is 13.0. The van der Waals surface area contributed by atoms with E-state index in [4.69, 9.17) is 0 Å². The molecule has 0 fully saturated rings. The summed E-state index contributed by atoms with van der Waals surface area (Å²) in [6, 6.07) is 12.1. The molecule has 100 valence electrons. The molecule has 0 N–H and O–H groups in total. The summed E-state index contributed by atoms with van der Waals surface area (Å²) in [5.41, 5.74) is 2.08. The van der Waals surface area contributed by atoms with Gasteiger partial charge in [0, 0.05) is 17.6 Å². The Balaban J connectivity index is 2.02. The molecule has 2 aromatic heterocycles. The molecule has 20 heavy (non-hydrogen) atoms. The van der Waals surface area contributed by atoms with Crippen LogP contribution in [-0.4, -0.2) is 21.1 Å². The molecule has 2 heterocycles. The van der Waals surface area contributed by atoms with E-state index in [1.54, 1.807) is 0 Å². The van der Waals surface area contributed by atoms with Gasteiger partial charge in [0.15, 0.2) is 0 Å². The first-order valence-corrected chi connectivity index (χ1v) is 8.07. The normalized spacial score (nSPS) is 15.8. The third kappa shape index (κ3) is 2.63. The maximum absolute atomic E-state index is 4.53. The molecule has 3 heteroatoms. The number of allylic oxidation sites excluding steroid dienone is 2. The molecule has 0 amide bonds. The number of aromatic nitrogens is 2. The van der Waals surface area contributed by atoms with E-state index >= 15 is 0 Å². The van der Waals surface area contributed by atoms with Crippen LogP contribution in [0.3, 0.4) is 0 Å². The molecule has 0 bridgehead atoms. The van der Waals surface area contributed by atoms with E-state index in [1.807, 2.05) is 36.7 Å². The van der Waals surface area contributed by atoms with Crippen molar-refractivity contribution in [1.82, 2.24) is 9.97 Å². The van der Waals surface area contributed by atoms with Crippen molar-refractivity contribution in [2.24, 2.45) is 0 Å². The summed E-state index contributed by atoms with van der Waals surface area (Å²) in [4.78, 5) is 9.05. The standard InChI is InChI=1S/C17H16N2S/c1-20(14-8-2-3-9-14)17(15-10-4-6-12-18-15)16-11-5-7-13-19-16/h2-14,17H,1H2. The molecule has 0 aromatic carbocycles. The molecule has 0 saturated heterocycles. The fourth-order valence-corrected chi connectivity index (χ4v) is 4.09. The molecule has 1 unspecified atom stereocenters. The molecule has 1 aliphatic carbocycles. The lowest BCUT2D eigenvalue weighted by atomic mass is 10.2. The van der Waals surface area contributed by atoms with Crippen LogP contribution < -0.4 is 0 Å². The van der Waals surface area contributed by atoms with Crippen LogP contribution in [-0.2, 0) is 0 Å². The Bertz CT molecular complexity index is 596. The van der Waals surface area contributed by atoms with Gasteiger partial charge in [0.1, 0.15) is 0 Å². The zero-order valence-electron chi connectivity index (χ0n) is 11.1. The molecule has 0 saturated carbocycles. The zero-order valence-corrected chi connectivity index (χ0v) is 11.9. The predicted molar refractivity (Wildman–Crippen MR) is 87.1 cm³/mol. The van der Waals surface area contributed by atoms with E-state index in [2.05, 4.69) is 52.3 Å². The highest BCUT2D eigenvalue weighted by Gasteiger charge is 2.23. The maximum Gasteiger partial charge on any atom is 0.0845 e. The smallest absolute Gasteiger partial charge is 0.0845 e. The number of nitrogens with zero attached hydrogens (tertiary/aromatic N) is 2. The minimum absolute atomic E-state index is 0.134. The largest absolute Gasteiger partial charge is 0.260 e. The van der Waals surface area contributed by atoms with E-state index in [-0.39, 0.29) is 15.7 Å². The molecule has 1 atom stereocenters. The maximum atomic E-state index is 4.53. The fourth-order valence-electron chi connectivity index (χ4n) is 2.29. The Hall–Kier alpha value is -2.00. The van der Waals surface area contributed by atoms with Gasteiger partial charge in [-0.1, -0.05) is 42.3 Å². The minimum atomic E-state index is -0.134. The summed E-state index contributed by atoms with van der Waals surface area (Å²) in [5, 5.41) is 0.499. The van der Waals surface area contributed by atoms with E-state index in [0.29, 0.717) is 5.25 Å². The second kappa shape index (κ2) is 5.97. The Morgan fingerprint density at radius 2 is 1.45 bits per heavy atom. The Kier molecular flexibility index (Phi) is 3.88. The quantitative estimate of drug-likeness (QED) is 0.797. The Morgan fingerprint density at radius 3 is 1.90 bits per heavy atom. The lowest BCUT2D eigenvalue weighted by Gasteiger charge is -2.23. The van der Waals surface area contributed by atoms with Crippen molar-refractivity contribution in [2.75, 3.05) is 0 Å². The van der Waals surface area contributed by atoms with E-state index in [0.717, 1.165) is 11.4 Å². The van der Waals surface area contributed by atoms with Crippen molar-refractivity contribution in [3.05, 3.63) is 84.5 Å². The van der Waals surface area contributed by atoms with E-state index in [9.17, 15) is 0 Å². The molecule has 1 aliphatic rings. The lowest BCUT2D eigenvalue weighted by Crippen LogP contribution is -2.08. The van der Waals surface area contributed by atoms with Gasteiger partial charge in [-0.15, -0.1) is 0 Å². The van der Waals surface area contributed by atoms with Gasteiger partial charge in [0.2, 0.25) is 0 Å². The average molecular weight is 280 g/mol. The van der Waals surface area contributed by atoms with Crippen LogP contribution in [0.5, 0.6) is 0 Å². The second-order valence-corrected chi connectivity index (χ2v) is 6.55. The van der Waals surface area contributed by atoms with Crippen LogP contribution in [0.2, 0.25) is 0 Å². The lowest BCUT2D eigenvalue weighted by molar-refractivity contribution is 0.986. The van der Waals surface area contributed by atoms with Gasteiger partial charge in [-0.2, -0.15) is 10.5 Å². The van der Waals surface area contributed by atoms with Crippen LogP contribution in [0.1, 0.15) is 16.6 Å². The first-order chi connectivity index (χ1) is 9.86. The molecule has 0 aliphatic heterocycles. The molecule has 2 nitrogen and oxygen atoms in total. The monoisotopic (exact) mass is 280 g/mol. The summed E-state index contributed by atoms with van der Waals surface area (Å²) in [6.45, 7) is 0. The molecular formula is C17H16N2S. The highest BCUT2D eigenvalue weighted by molar-refractivity contribution is 8.15. The minimum Gasteiger partial charge on any atom is -0.260 e. The van der Waals surface area contributed by atoms with Gasteiger partial charge in [0.25, 0.3) is 0 Å². The summed E-state index contributed by atoms with van der Waals surface area (Å²) < 4.78 is 0.